The van der Waals surface area contributed by atoms with Gasteiger partial charge in [0.05, 0.1) is 12.2 Å². The lowest BCUT2D eigenvalue weighted by Gasteiger charge is -2.30. The molecule has 14 heteroatoms. The van der Waals surface area contributed by atoms with Gasteiger partial charge in [-0.15, -0.1) is 0 Å². The Morgan fingerprint density at radius 3 is 2.13 bits per heavy atom. The van der Waals surface area contributed by atoms with Crippen LogP contribution in [0.15, 0.2) is 79.0 Å². The second-order valence-corrected chi connectivity index (χ2v) is 14.9. The van der Waals surface area contributed by atoms with Crippen molar-refractivity contribution >= 4 is 41.3 Å². The summed E-state index contributed by atoms with van der Waals surface area (Å²) >= 11 is 1.52. The van der Waals surface area contributed by atoms with Crippen molar-refractivity contribution in [2.45, 2.75) is 83.9 Å². The first-order valence-electron chi connectivity index (χ1n) is 18.3. The molecular formula is C40H53N7O6S. The lowest BCUT2D eigenvalue weighted by Crippen LogP contribution is -2.60. The lowest BCUT2D eigenvalue weighted by atomic mass is 10.0. The number of nitrogens with one attached hydrogen (secondary N) is 5. The van der Waals surface area contributed by atoms with Gasteiger partial charge in [-0.2, -0.15) is 11.8 Å². The minimum absolute atomic E-state index is 0.0891. The third-order valence-corrected chi connectivity index (χ3v) is 9.62. The number of nitrogens with zero attached hydrogens (tertiary/aromatic N) is 2. The molecule has 1 aliphatic rings. The van der Waals surface area contributed by atoms with E-state index in [0.29, 0.717) is 37.5 Å². The van der Waals surface area contributed by atoms with Gasteiger partial charge in [0, 0.05) is 25.3 Å². The summed E-state index contributed by atoms with van der Waals surface area (Å²) in [7, 11) is 0. The van der Waals surface area contributed by atoms with Crippen LogP contribution in [0.1, 0.15) is 50.9 Å². The average Bonchev–Trinajstić information content (AvgIpc) is 3.15. The Kier molecular flexibility index (Phi) is 16.3. The van der Waals surface area contributed by atoms with Gasteiger partial charge in [-0.25, -0.2) is 0 Å². The molecule has 5 N–H and O–H groups in total. The predicted octanol–water partition coefficient (Wildman–Crippen LogP) is 2.59. The molecule has 0 aliphatic carbocycles. The Morgan fingerprint density at radius 2 is 1.46 bits per heavy atom. The molecule has 0 unspecified atom stereocenters. The Labute approximate surface area is 322 Å². The van der Waals surface area contributed by atoms with Crippen molar-refractivity contribution in [3.05, 3.63) is 95.8 Å². The van der Waals surface area contributed by atoms with E-state index in [4.69, 9.17) is 4.74 Å². The summed E-state index contributed by atoms with van der Waals surface area (Å²) in [6.07, 6.45) is 4.38. The van der Waals surface area contributed by atoms with Gasteiger partial charge in [-0.1, -0.05) is 62.4 Å². The van der Waals surface area contributed by atoms with Crippen LogP contribution in [0, 0.1) is 5.92 Å². The zero-order valence-corrected chi connectivity index (χ0v) is 32.5. The maximum Gasteiger partial charge on any atom is 0.243 e. The summed E-state index contributed by atoms with van der Waals surface area (Å²) in [6, 6.07) is 18.6. The maximum atomic E-state index is 13.7. The molecule has 2 aromatic carbocycles. The van der Waals surface area contributed by atoms with Crippen molar-refractivity contribution in [2.24, 2.45) is 5.92 Å². The van der Waals surface area contributed by atoms with Gasteiger partial charge in [0.1, 0.15) is 36.5 Å². The van der Waals surface area contributed by atoms with Crippen LogP contribution in [0.2, 0.25) is 0 Å². The standard InChI is InChI=1S/C40H53N7O6S/c1-26(2)36-40(52)45-34(18-20-54-5)39(51)43-28(4)37(49)44-32(21-29-11-7-6-8-12-29)23-47(24-35(48)42-27(3)38(50)46-36)22-30-14-16-33(17-15-30)53-25-31-13-9-10-19-41-31/h6-17,19,26-28,32,34,36H,18,20-25H2,1-5H3,(H,42,48)(H,43,51)(H,44,49)(H,45,52)(H,46,50)/t27-,28+,32-,34+,36+/m1/s1. The molecule has 1 saturated heterocycles. The van der Waals surface area contributed by atoms with Gasteiger partial charge in [0.25, 0.3) is 0 Å². The van der Waals surface area contributed by atoms with Gasteiger partial charge in [-0.3, -0.25) is 33.9 Å². The average molecular weight is 760 g/mol. The number of benzene rings is 2. The molecule has 5 amide bonds. The highest BCUT2D eigenvalue weighted by molar-refractivity contribution is 7.98. The van der Waals surface area contributed by atoms with Crippen LogP contribution >= 0.6 is 11.8 Å². The number of pyridine rings is 1. The predicted molar refractivity (Wildman–Crippen MR) is 209 cm³/mol. The first kappa shape index (κ1) is 41.8. The molecule has 290 valence electrons. The van der Waals surface area contributed by atoms with Crippen molar-refractivity contribution in [1.82, 2.24) is 36.5 Å². The Bertz CT molecular complexity index is 1680. The van der Waals surface area contributed by atoms with Crippen LogP contribution in [0.5, 0.6) is 5.75 Å². The van der Waals surface area contributed by atoms with Crippen molar-refractivity contribution in [3.8, 4) is 5.75 Å². The molecular weight excluding hydrogens is 707 g/mol. The van der Waals surface area contributed by atoms with Gasteiger partial charge < -0.3 is 31.3 Å². The fourth-order valence-corrected chi connectivity index (χ4v) is 6.46. The second-order valence-electron chi connectivity index (χ2n) is 13.9. The van der Waals surface area contributed by atoms with E-state index in [1.807, 2.05) is 84.0 Å². The number of carbonyl (C=O) groups is 5. The summed E-state index contributed by atoms with van der Waals surface area (Å²) in [4.78, 5) is 73.9. The molecule has 54 heavy (non-hydrogen) atoms. The molecule has 1 aromatic heterocycles. The van der Waals surface area contributed by atoms with E-state index in [-0.39, 0.29) is 19.0 Å². The van der Waals surface area contributed by atoms with Crippen LogP contribution < -0.4 is 31.3 Å². The number of ether oxygens (including phenoxy) is 1. The van der Waals surface area contributed by atoms with E-state index in [9.17, 15) is 24.0 Å². The van der Waals surface area contributed by atoms with E-state index in [2.05, 4.69) is 31.6 Å². The summed E-state index contributed by atoms with van der Waals surface area (Å²) < 4.78 is 5.91. The van der Waals surface area contributed by atoms with E-state index in [0.717, 1.165) is 16.8 Å². The molecule has 0 radical (unpaired) electrons. The quantitative estimate of drug-likeness (QED) is 0.197. The molecule has 4 rings (SSSR count). The van der Waals surface area contributed by atoms with E-state index >= 15 is 0 Å². The molecule has 1 fully saturated rings. The lowest BCUT2D eigenvalue weighted by molar-refractivity contribution is -0.135. The van der Waals surface area contributed by atoms with Crippen molar-refractivity contribution in [3.63, 3.8) is 0 Å². The SMILES string of the molecule is CSCC[C@@H]1NC(=O)[C@H](C(C)C)NC(=O)[C@@H](C)NC(=O)CN(Cc2ccc(OCc3ccccn3)cc2)C[C@@H](Cc2ccccc2)NC(=O)[C@H](C)NC1=O. The second kappa shape index (κ2) is 21.1. The molecule has 0 spiro atoms. The zero-order chi connectivity index (χ0) is 39.0. The summed E-state index contributed by atoms with van der Waals surface area (Å²) in [6.45, 7) is 7.57. The van der Waals surface area contributed by atoms with Crippen LogP contribution in [-0.2, 0) is 43.5 Å². The first-order chi connectivity index (χ1) is 25.9. The first-order valence-corrected chi connectivity index (χ1v) is 19.7. The third-order valence-electron chi connectivity index (χ3n) is 8.97. The number of hydrogen-bond donors (Lipinski definition) is 5. The van der Waals surface area contributed by atoms with Crippen molar-refractivity contribution in [2.75, 3.05) is 25.1 Å². The van der Waals surface area contributed by atoms with E-state index in [1.54, 1.807) is 33.9 Å². The Hall–Kier alpha value is -4.95. The highest BCUT2D eigenvalue weighted by atomic mass is 32.2. The number of aromatic nitrogens is 1. The van der Waals surface area contributed by atoms with Gasteiger partial charge in [-0.05, 0) is 80.0 Å². The summed E-state index contributed by atoms with van der Waals surface area (Å²) in [5.74, 6) is -1.43. The molecule has 5 atom stereocenters. The highest BCUT2D eigenvalue weighted by Crippen LogP contribution is 2.16. The number of amides is 5. The van der Waals surface area contributed by atoms with Crippen LogP contribution in [0.25, 0.3) is 0 Å². The smallest absolute Gasteiger partial charge is 0.243 e. The minimum Gasteiger partial charge on any atom is -0.487 e. The zero-order valence-electron chi connectivity index (χ0n) is 31.7. The molecule has 0 bridgehead atoms. The molecule has 2 heterocycles. The largest absolute Gasteiger partial charge is 0.487 e. The Balaban J connectivity index is 1.61. The molecule has 13 nitrogen and oxygen atoms in total. The van der Waals surface area contributed by atoms with Crippen LogP contribution in [-0.4, -0.2) is 94.7 Å². The molecule has 3 aromatic rings. The topological polar surface area (TPSA) is 171 Å². The van der Waals surface area contributed by atoms with Crippen LogP contribution in [0.4, 0.5) is 0 Å². The fourth-order valence-electron chi connectivity index (χ4n) is 5.99. The number of rotatable bonds is 11. The van der Waals surface area contributed by atoms with Crippen molar-refractivity contribution < 1.29 is 28.7 Å². The molecule has 0 saturated carbocycles. The Morgan fingerprint density at radius 1 is 0.778 bits per heavy atom. The fraction of sp³-hybridized carbons (Fsp3) is 0.450. The monoisotopic (exact) mass is 759 g/mol. The van der Waals surface area contributed by atoms with Crippen molar-refractivity contribution in [1.29, 1.82) is 0 Å². The summed E-state index contributed by atoms with van der Waals surface area (Å²) in [5.41, 5.74) is 2.68. The van der Waals surface area contributed by atoms with E-state index < -0.39 is 59.7 Å². The maximum absolute atomic E-state index is 13.7. The van der Waals surface area contributed by atoms with E-state index in [1.165, 1.54) is 11.8 Å². The van der Waals surface area contributed by atoms with Gasteiger partial charge in [0.15, 0.2) is 0 Å². The normalized spacial score (nSPS) is 22.6. The molecule has 1 aliphatic heterocycles. The number of carbonyl (C=O) groups excluding carboxylic acids is 5. The highest BCUT2D eigenvalue weighted by Gasteiger charge is 2.32. The van der Waals surface area contributed by atoms with Gasteiger partial charge >= 0.3 is 0 Å². The van der Waals surface area contributed by atoms with Crippen LogP contribution in [0.3, 0.4) is 0 Å². The number of thioether (sulfide) groups is 1. The number of hydrogen-bond acceptors (Lipinski definition) is 9. The third kappa shape index (κ3) is 13.5. The summed E-state index contributed by atoms with van der Waals surface area (Å²) in [5, 5.41) is 14.2. The van der Waals surface area contributed by atoms with Gasteiger partial charge in [0.2, 0.25) is 29.5 Å². The minimum atomic E-state index is -0.966.